The lowest BCUT2D eigenvalue weighted by Gasteiger charge is -2.10. The van der Waals surface area contributed by atoms with Gasteiger partial charge in [-0.25, -0.2) is 9.37 Å². The fourth-order valence-corrected chi connectivity index (χ4v) is 5.40. The summed E-state index contributed by atoms with van der Waals surface area (Å²) in [6, 6.07) is 7.80. The van der Waals surface area contributed by atoms with Crippen LogP contribution in [-0.2, 0) is 11.3 Å². The van der Waals surface area contributed by atoms with Crippen molar-refractivity contribution >= 4 is 45.1 Å². The molecule has 1 N–H and O–H groups in total. The number of thiophene rings is 1. The third kappa shape index (κ3) is 4.72. The van der Waals surface area contributed by atoms with Crippen molar-refractivity contribution in [3.63, 3.8) is 0 Å². The van der Waals surface area contributed by atoms with Crippen molar-refractivity contribution in [2.75, 3.05) is 11.1 Å². The van der Waals surface area contributed by atoms with E-state index in [1.165, 1.54) is 35.2 Å². The summed E-state index contributed by atoms with van der Waals surface area (Å²) < 4.78 is 20.1. The van der Waals surface area contributed by atoms with E-state index in [-0.39, 0.29) is 29.0 Å². The molecular formula is C23H23FN4O3S2. The van der Waals surface area contributed by atoms with E-state index < -0.39 is 0 Å². The van der Waals surface area contributed by atoms with Gasteiger partial charge in [-0.3, -0.25) is 19.5 Å². The van der Waals surface area contributed by atoms with E-state index in [2.05, 4.69) is 10.5 Å². The van der Waals surface area contributed by atoms with E-state index in [4.69, 9.17) is 9.51 Å². The second-order valence-electron chi connectivity index (χ2n) is 7.77. The molecule has 0 atom stereocenters. The van der Waals surface area contributed by atoms with E-state index in [1.54, 1.807) is 22.8 Å². The van der Waals surface area contributed by atoms with Crippen LogP contribution in [-0.4, -0.2) is 26.4 Å². The Morgan fingerprint density at radius 3 is 2.67 bits per heavy atom. The number of aryl methyl sites for hydroxylation is 1. The molecule has 10 heteroatoms. The fraction of sp³-hybridized carbons (Fsp3) is 0.304. The molecule has 0 aliphatic carbocycles. The van der Waals surface area contributed by atoms with Gasteiger partial charge >= 0.3 is 0 Å². The predicted molar refractivity (Wildman–Crippen MR) is 130 cm³/mol. The number of anilines is 1. The summed E-state index contributed by atoms with van der Waals surface area (Å²) in [5.41, 5.74) is 2.13. The van der Waals surface area contributed by atoms with E-state index in [0.29, 0.717) is 27.8 Å². The van der Waals surface area contributed by atoms with Gasteiger partial charge in [-0.1, -0.05) is 42.9 Å². The predicted octanol–water partition coefficient (Wildman–Crippen LogP) is 5.43. The number of hydrogen-bond acceptors (Lipinski definition) is 7. The van der Waals surface area contributed by atoms with Gasteiger partial charge < -0.3 is 4.52 Å². The van der Waals surface area contributed by atoms with Crippen LogP contribution in [0.4, 0.5) is 10.3 Å². The molecule has 0 unspecified atom stereocenters. The van der Waals surface area contributed by atoms with E-state index in [1.807, 2.05) is 27.7 Å². The van der Waals surface area contributed by atoms with Crippen molar-refractivity contribution in [1.29, 1.82) is 0 Å². The largest absolute Gasteiger partial charge is 0.338 e. The molecule has 4 aromatic rings. The van der Waals surface area contributed by atoms with Crippen molar-refractivity contribution in [2.24, 2.45) is 0 Å². The number of halogens is 1. The Balaban J connectivity index is 1.61. The number of rotatable bonds is 7. The highest BCUT2D eigenvalue weighted by molar-refractivity contribution is 7.99. The quantitative estimate of drug-likeness (QED) is 0.277. The Bertz CT molecular complexity index is 1370. The molecule has 0 saturated carbocycles. The van der Waals surface area contributed by atoms with Gasteiger partial charge in [0.1, 0.15) is 10.6 Å². The minimum absolute atomic E-state index is 0.0604. The lowest BCUT2D eigenvalue weighted by Crippen LogP contribution is -2.23. The Morgan fingerprint density at radius 1 is 1.30 bits per heavy atom. The lowest BCUT2D eigenvalue weighted by atomic mass is 10.0. The van der Waals surface area contributed by atoms with Crippen LogP contribution in [0.15, 0.2) is 44.8 Å². The monoisotopic (exact) mass is 486 g/mol. The van der Waals surface area contributed by atoms with Gasteiger partial charge in [0.05, 0.1) is 16.8 Å². The van der Waals surface area contributed by atoms with Gasteiger partial charge in [0.2, 0.25) is 11.8 Å². The molecule has 0 aliphatic rings. The van der Waals surface area contributed by atoms with Crippen molar-refractivity contribution in [2.45, 2.75) is 45.3 Å². The highest BCUT2D eigenvalue weighted by atomic mass is 32.2. The van der Waals surface area contributed by atoms with Crippen LogP contribution < -0.4 is 10.9 Å². The summed E-state index contributed by atoms with van der Waals surface area (Å²) in [5.74, 6) is -0.0677. The first kappa shape index (κ1) is 23.2. The molecule has 3 heterocycles. The standard InChI is InChI=1S/C23H23FN4O3S2/c1-5-28-22(30)20-19(14-6-8-15(24)9-7-14)13(4)33-21(20)26-23(28)32-11-17(29)25-18-10-16(12(2)3)27-31-18/h6-10,12H,5,11H2,1-4H3,(H,25,29). The van der Waals surface area contributed by atoms with Gasteiger partial charge in [0.15, 0.2) is 5.16 Å². The molecule has 172 valence electrons. The molecule has 3 aromatic heterocycles. The van der Waals surface area contributed by atoms with Crippen LogP contribution in [0.25, 0.3) is 21.3 Å². The number of amides is 1. The molecule has 7 nitrogen and oxygen atoms in total. The summed E-state index contributed by atoms with van der Waals surface area (Å²) in [7, 11) is 0. The first-order chi connectivity index (χ1) is 15.8. The Kier molecular flexibility index (Phi) is 6.66. The fourth-order valence-electron chi connectivity index (χ4n) is 3.45. The number of carbonyl (C=O) groups excluding carboxylic acids is 1. The zero-order valence-corrected chi connectivity index (χ0v) is 20.3. The van der Waals surface area contributed by atoms with Gasteiger partial charge in [-0.2, -0.15) is 0 Å². The molecule has 0 radical (unpaired) electrons. The second kappa shape index (κ2) is 9.48. The third-order valence-corrected chi connectivity index (χ3v) is 7.09. The third-order valence-electron chi connectivity index (χ3n) is 5.12. The zero-order valence-electron chi connectivity index (χ0n) is 18.6. The first-order valence-corrected chi connectivity index (χ1v) is 12.3. The number of thioether (sulfide) groups is 1. The number of fused-ring (bicyclic) bond motifs is 1. The van der Waals surface area contributed by atoms with Crippen LogP contribution >= 0.6 is 23.1 Å². The van der Waals surface area contributed by atoms with E-state index in [0.717, 1.165) is 21.7 Å². The summed E-state index contributed by atoms with van der Waals surface area (Å²) in [4.78, 5) is 32.0. The van der Waals surface area contributed by atoms with Crippen molar-refractivity contribution in [3.05, 3.63) is 57.1 Å². The van der Waals surface area contributed by atoms with Crippen LogP contribution in [0, 0.1) is 12.7 Å². The van der Waals surface area contributed by atoms with Gasteiger partial charge in [-0.15, -0.1) is 11.3 Å². The van der Waals surface area contributed by atoms with Crippen LogP contribution in [0.3, 0.4) is 0 Å². The highest BCUT2D eigenvalue weighted by Crippen LogP contribution is 2.36. The van der Waals surface area contributed by atoms with Crippen molar-refractivity contribution < 1.29 is 13.7 Å². The minimum atomic E-state index is -0.331. The number of aromatic nitrogens is 3. The molecule has 0 fully saturated rings. The van der Waals surface area contributed by atoms with Crippen molar-refractivity contribution in [1.82, 2.24) is 14.7 Å². The summed E-state index contributed by atoms with van der Waals surface area (Å²) in [5, 5.41) is 7.60. The smallest absolute Gasteiger partial charge is 0.263 e. The molecule has 33 heavy (non-hydrogen) atoms. The van der Waals surface area contributed by atoms with Crippen molar-refractivity contribution in [3.8, 4) is 11.1 Å². The zero-order chi connectivity index (χ0) is 23.7. The van der Waals surface area contributed by atoms with Crippen LogP contribution in [0.2, 0.25) is 0 Å². The average Bonchev–Trinajstić information content (AvgIpc) is 3.37. The maximum atomic E-state index is 13.4. The lowest BCUT2D eigenvalue weighted by molar-refractivity contribution is -0.113. The summed E-state index contributed by atoms with van der Waals surface area (Å²) in [6.45, 7) is 8.16. The molecule has 1 aromatic carbocycles. The molecule has 4 rings (SSSR count). The molecule has 0 spiro atoms. The van der Waals surface area contributed by atoms with Gasteiger partial charge in [-0.05, 0) is 37.5 Å². The SMILES string of the molecule is CCn1c(SCC(=O)Nc2cc(C(C)C)no2)nc2sc(C)c(-c3ccc(F)cc3)c2c1=O. The number of carbonyl (C=O) groups is 1. The Morgan fingerprint density at radius 2 is 2.03 bits per heavy atom. The van der Waals surface area contributed by atoms with E-state index >= 15 is 0 Å². The minimum Gasteiger partial charge on any atom is -0.338 e. The van der Waals surface area contributed by atoms with Gasteiger partial charge in [0.25, 0.3) is 5.56 Å². The number of nitrogens with one attached hydrogen (secondary N) is 1. The summed E-state index contributed by atoms with van der Waals surface area (Å²) in [6.07, 6.45) is 0. The first-order valence-electron chi connectivity index (χ1n) is 10.5. The molecule has 0 bridgehead atoms. The van der Waals surface area contributed by atoms with Gasteiger partial charge in [0, 0.05) is 23.1 Å². The maximum absolute atomic E-state index is 13.4. The second-order valence-corrected chi connectivity index (χ2v) is 9.92. The number of benzene rings is 1. The Labute approximate surface area is 198 Å². The molecule has 0 saturated heterocycles. The normalized spacial score (nSPS) is 11.5. The highest BCUT2D eigenvalue weighted by Gasteiger charge is 2.20. The number of nitrogens with zero attached hydrogens (tertiary/aromatic N) is 3. The summed E-state index contributed by atoms with van der Waals surface area (Å²) >= 11 is 2.60. The molecular weight excluding hydrogens is 463 g/mol. The number of hydrogen-bond donors (Lipinski definition) is 1. The topological polar surface area (TPSA) is 90.0 Å². The van der Waals surface area contributed by atoms with Crippen LogP contribution in [0.1, 0.15) is 37.3 Å². The molecule has 0 aliphatic heterocycles. The van der Waals surface area contributed by atoms with Crippen LogP contribution in [0.5, 0.6) is 0 Å². The van der Waals surface area contributed by atoms with E-state index in [9.17, 15) is 14.0 Å². The Hall–Kier alpha value is -2.98. The average molecular weight is 487 g/mol. The maximum Gasteiger partial charge on any atom is 0.263 e. The molecule has 1 amide bonds.